The smallest absolute Gasteiger partial charge is 0.272 e. The molecule has 25 heavy (non-hydrogen) atoms. The van der Waals surface area contributed by atoms with Gasteiger partial charge in [-0.2, -0.15) is 0 Å². The minimum atomic E-state index is -0.0823. The number of aromatic nitrogens is 2. The van der Waals surface area contributed by atoms with Gasteiger partial charge in [0.1, 0.15) is 5.69 Å². The number of nitrogens with zero attached hydrogens (tertiary/aromatic N) is 3. The number of benzene rings is 1. The molecule has 6 nitrogen and oxygen atoms in total. The number of carbonyl (C=O) groups excluding carboxylic acids is 2. The number of rotatable bonds is 8. The SMILES string of the molecule is CCCN(CCC)C(=O)c1ccnc(Nc2ccc(C(C)=O)cc2)n1. The van der Waals surface area contributed by atoms with Gasteiger partial charge >= 0.3 is 0 Å². The monoisotopic (exact) mass is 340 g/mol. The van der Waals surface area contributed by atoms with Crippen molar-refractivity contribution in [2.45, 2.75) is 33.6 Å². The highest BCUT2D eigenvalue weighted by molar-refractivity contribution is 5.94. The molecule has 0 aliphatic heterocycles. The Labute approximate surface area is 148 Å². The first kappa shape index (κ1) is 18.6. The third-order valence-corrected chi connectivity index (χ3v) is 3.70. The standard InChI is InChI=1S/C19H24N4O2/c1-4-12-23(13-5-2)18(25)17-10-11-20-19(22-17)21-16-8-6-15(7-9-16)14(3)24/h6-11H,4-5,12-13H2,1-3H3,(H,20,21,22). The topological polar surface area (TPSA) is 75.2 Å². The largest absolute Gasteiger partial charge is 0.337 e. The Bertz CT molecular complexity index is 722. The Balaban J connectivity index is 2.14. The number of anilines is 2. The molecule has 0 bridgehead atoms. The maximum atomic E-state index is 12.6. The number of amides is 1. The first-order valence-corrected chi connectivity index (χ1v) is 8.55. The fraction of sp³-hybridized carbons (Fsp3) is 0.368. The highest BCUT2D eigenvalue weighted by Crippen LogP contribution is 2.15. The lowest BCUT2D eigenvalue weighted by molar-refractivity contribution is 0.0749. The van der Waals surface area contributed by atoms with E-state index in [-0.39, 0.29) is 11.7 Å². The van der Waals surface area contributed by atoms with E-state index in [2.05, 4.69) is 15.3 Å². The van der Waals surface area contributed by atoms with Gasteiger partial charge in [0.05, 0.1) is 0 Å². The summed E-state index contributed by atoms with van der Waals surface area (Å²) in [6, 6.07) is 8.68. The van der Waals surface area contributed by atoms with Gasteiger partial charge in [0.15, 0.2) is 5.78 Å². The fourth-order valence-corrected chi connectivity index (χ4v) is 2.47. The quantitative estimate of drug-likeness (QED) is 0.742. The van der Waals surface area contributed by atoms with E-state index in [1.54, 1.807) is 36.5 Å². The Morgan fingerprint density at radius 3 is 2.24 bits per heavy atom. The molecule has 0 aliphatic rings. The Hall–Kier alpha value is -2.76. The zero-order chi connectivity index (χ0) is 18.2. The molecule has 0 saturated heterocycles. The van der Waals surface area contributed by atoms with Gasteiger partial charge in [-0.05, 0) is 50.1 Å². The molecule has 0 fully saturated rings. The van der Waals surface area contributed by atoms with Crippen LogP contribution in [0.5, 0.6) is 0 Å². The molecule has 0 unspecified atom stereocenters. The number of carbonyl (C=O) groups is 2. The molecule has 0 aliphatic carbocycles. The minimum absolute atomic E-state index is 0.0160. The summed E-state index contributed by atoms with van der Waals surface area (Å²) in [5.41, 5.74) is 1.78. The maximum Gasteiger partial charge on any atom is 0.272 e. The normalized spacial score (nSPS) is 10.4. The predicted molar refractivity (Wildman–Crippen MR) is 98.2 cm³/mol. The van der Waals surface area contributed by atoms with E-state index in [1.165, 1.54) is 6.92 Å². The lowest BCUT2D eigenvalue weighted by atomic mass is 10.1. The third-order valence-electron chi connectivity index (χ3n) is 3.70. The first-order valence-electron chi connectivity index (χ1n) is 8.55. The van der Waals surface area contributed by atoms with E-state index in [1.807, 2.05) is 18.7 Å². The van der Waals surface area contributed by atoms with Crippen LogP contribution in [-0.4, -0.2) is 39.6 Å². The zero-order valence-corrected chi connectivity index (χ0v) is 15.0. The van der Waals surface area contributed by atoms with Crippen LogP contribution in [0.4, 0.5) is 11.6 Å². The summed E-state index contributed by atoms with van der Waals surface area (Å²) in [5.74, 6) is 0.290. The van der Waals surface area contributed by atoms with Crippen molar-refractivity contribution in [2.75, 3.05) is 18.4 Å². The van der Waals surface area contributed by atoms with Crippen LogP contribution in [0.1, 0.15) is 54.5 Å². The van der Waals surface area contributed by atoms with Crippen LogP contribution in [0.3, 0.4) is 0 Å². The highest BCUT2D eigenvalue weighted by atomic mass is 16.2. The summed E-state index contributed by atoms with van der Waals surface area (Å²) < 4.78 is 0. The van der Waals surface area contributed by atoms with Crippen LogP contribution in [0.15, 0.2) is 36.5 Å². The number of hydrogen-bond acceptors (Lipinski definition) is 5. The molecule has 0 atom stereocenters. The molecular formula is C19H24N4O2. The van der Waals surface area contributed by atoms with Gasteiger partial charge in [-0.1, -0.05) is 13.8 Å². The van der Waals surface area contributed by atoms with E-state index in [9.17, 15) is 9.59 Å². The van der Waals surface area contributed by atoms with Gasteiger partial charge in [-0.15, -0.1) is 0 Å². The second-order valence-corrected chi connectivity index (χ2v) is 5.82. The van der Waals surface area contributed by atoms with E-state index >= 15 is 0 Å². The summed E-state index contributed by atoms with van der Waals surface area (Å²) in [6.45, 7) is 7.05. The van der Waals surface area contributed by atoms with Gasteiger partial charge in [0, 0.05) is 30.5 Å². The molecule has 1 aromatic heterocycles. The van der Waals surface area contributed by atoms with Crippen molar-refractivity contribution in [1.82, 2.24) is 14.9 Å². The van der Waals surface area contributed by atoms with Crippen LogP contribution in [0, 0.1) is 0 Å². The van der Waals surface area contributed by atoms with Gasteiger partial charge < -0.3 is 10.2 Å². The summed E-state index contributed by atoms with van der Waals surface area (Å²) >= 11 is 0. The molecule has 1 amide bonds. The van der Waals surface area contributed by atoms with Crippen LogP contribution < -0.4 is 5.32 Å². The van der Waals surface area contributed by atoms with Crippen LogP contribution in [0.25, 0.3) is 0 Å². The number of Topliss-reactive ketones (excluding diaryl/α,β-unsaturated/α-hetero) is 1. The molecule has 1 aromatic carbocycles. The maximum absolute atomic E-state index is 12.6. The predicted octanol–water partition coefficient (Wildman–Crippen LogP) is 3.69. The fourth-order valence-electron chi connectivity index (χ4n) is 2.47. The number of hydrogen-bond donors (Lipinski definition) is 1. The van der Waals surface area contributed by atoms with Crippen molar-refractivity contribution >= 4 is 23.3 Å². The average Bonchev–Trinajstić information content (AvgIpc) is 2.61. The molecule has 132 valence electrons. The van der Waals surface area contributed by atoms with Crippen LogP contribution in [-0.2, 0) is 0 Å². The van der Waals surface area contributed by atoms with Crippen LogP contribution >= 0.6 is 0 Å². The molecule has 0 saturated carbocycles. The van der Waals surface area contributed by atoms with Crippen molar-refractivity contribution in [3.05, 3.63) is 47.8 Å². The minimum Gasteiger partial charge on any atom is -0.337 e. The van der Waals surface area contributed by atoms with Crippen molar-refractivity contribution in [1.29, 1.82) is 0 Å². The Morgan fingerprint density at radius 1 is 1.04 bits per heavy atom. The number of nitrogens with one attached hydrogen (secondary N) is 1. The van der Waals surface area contributed by atoms with E-state index < -0.39 is 0 Å². The van der Waals surface area contributed by atoms with Gasteiger partial charge in [-0.25, -0.2) is 9.97 Å². The third kappa shape index (κ3) is 5.11. The van der Waals surface area contributed by atoms with Gasteiger partial charge in [0.2, 0.25) is 5.95 Å². The van der Waals surface area contributed by atoms with Gasteiger partial charge in [0.25, 0.3) is 5.91 Å². The molecule has 6 heteroatoms. The second kappa shape index (κ2) is 8.92. The van der Waals surface area contributed by atoms with Crippen molar-refractivity contribution in [2.24, 2.45) is 0 Å². The van der Waals surface area contributed by atoms with E-state index in [4.69, 9.17) is 0 Å². The zero-order valence-electron chi connectivity index (χ0n) is 15.0. The molecule has 0 radical (unpaired) electrons. The Kier molecular flexibility index (Phi) is 6.62. The summed E-state index contributed by atoms with van der Waals surface area (Å²) in [4.78, 5) is 34.2. The average molecular weight is 340 g/mol. The summed E-state index contributed by atoms with van der Waals surface area (Å²) in [5, 5.41) is 3.06. The van der Waals surface area contributed by atoms with Gasteiger partial charge in [-0.3, -0.25) is 9.59 Å². The highest BCUT2D eigenvalue weighted by Gasteiger charge is 2.16. The summed E-state index contributed by atoms with van der Waals surface area (Å²) in [6.07, 6.45) is 3.39. The second-order valence-electron chi connectivity index (χ2n) is 5.82. The van der Waals surface area contributed by atoms with Crippen molar-refractivity contribution in [3.63, 3.8) is 0 Å². The summed E-state index contributed by atoms with van der Waals surface area (Å²) in [7, 11) is 0. The van der Waals surface area contributed by atoms with Crippen molar-refractivity contribution < 1.29 is 9.59 Å². The molecule has 0 spiro atoms. The number of ketones is 1. The van der Waals surface area contributed by atoms with E-state index in [0.29, 0.717) is 30.3 Å². The Morgan fingerprint density at radius 2 is 1.68 bits per heavy atom. The van der Waals surface area contributed by atoms with E-state index in [0.717, 1.165) is 18.5 Å². The van der Waals surface area contributed by atoms with Crippen molar-refractivity contribution in [3.8, 4) is 0 Å². The first-order chi connectivity index (χ1) is 12.0. The lowest BCUT2D eigenvalue weighted by Gasteiger charge is -2.21. The lowest BCUT2D eigenvalue weighted by Crippen LogP contribution is -2.33. The molecule has 1 N–H and O–H groups in total. The van der Waals surface area contributed by atoms with Crippen LogP contribution in [0.2, 0.25) is 0 Å². The molecule has 1 heterocycles. The molecular weight excluding hydrogens is 316 g/mol. The molecule has 2 rings (SSSR count). The molecule has 2 aromatic rings.